The Labute approximate surface area is 107 Å². The number of piperidine rings is 3. The van der Waals surface area contributed by atoms with Crippen LogP contribution in [0.15, 0.2) is 10.5 Å². The molecule has 1 amide bonds. The summed E-state index contributed by atoms with van der Waals surface area (Å²) in [6.45, 7) is 7.12. The number of hydrogen-bond acceptors (Lipinski definition) is 3. The number of amides is 1. The van der Waals surface area contributed by atoms with Gasteiger partial charge in [0.25, 0.3) is 5.91 Å². The van der Waals surface area contributed by atoms with E-state index >= 15 is 0 Å². The maximum atomic E-state index is 12.2. The lowest BCUT2D eigenvalue weighted by molar-refractivity contribution is 0.0619. The molecule has 1 atom stereocenters. The molecule has 3 aliphatic heterocycles. The Hall–Kier alpha value is -1.29. The Bertz CT molecular complexity index is 458. The average molecular weight is 248 g/mol. The number of carbonyl (C=O) groups excluding carboxylic acids is 1. The van der Waals surface area contributed by atoms with Gasteiger partial charge in [0, 0.05) is 12.6 Å². The number of rotatable bonds is 2. The molecule has 3 aliphatic rings. The predicted octanol–water partition coefficient (Wildman–Crippen LogP) is 1.72. The fourth-order valence-corrected chi connectivity index (χ4v) is 3.23. The molecule has 4 heterocycles. The van der Waals surface area contributed by atoms with Crippen LogP contribution in [0.3, 0.4) is 0 Å². The first-order chi connectivity index (χ1) is 8.63. The Kier molecular flexibility index (Phi) is 2.90. The van der Waals surface area contributed by atoms with Gasteiger partial charge in [-0.3, -0.25) is 4.79 Å². The van der Waals surface area contributed by atoms with Crippen molar-refractivity contribution in [2.45, 2.75) is 32.7 Å². The molecule has 0 aromatic carbocycles. The van der Waals surface area contributed by atoms with Gasteiger partial charge in [-0.25, -0.2) is 0 Å². The van der Waals surface area contributed by atoms with E-state index in [1.165, 1.54) is 25.9 Å². The molecule has 1 N–H and O–H groups in total. The zero-order valence-corrected chi connectivity index (χ0v) is 11.0. The van der Waals surface area contributed by atoms with Crippen LogP contribution in [0.4, 0.5) is 0 Å². The minimum absolute atomic E-state index is 0.0168. The fourth-order valence-electron chi connectivity index (χ4n) is 3.23. The highest BCUT2D eigenvalue weighted by Gasteiger charge is 2.35. The molecule has 0 aliphatic carbocycles. The van der Waals surface area contributed by atoms with E-state index in [4.69, 9.17) is 4.42 Å². The first-order valence-electron chi connectivity index (χ1n) is 6.74. The number of nitrogens with one attached hydrogen (secondary N) is 1. The van der Waals surface area contributed by atoms with Gasteiger partial charge in [0.2, 0.25) is 0 Å². The van der Waals surface area contributed by atoms with Gasteiger partial charge in [-0.1, -0.05) is 0 Å². The van der Waals surface area contributed by atoms with Crippen LogP contribution >= 0.6 is 0 Å². The van der Waals surface area contributed by atoms with E-state index in [1.54, 1.807) is 0 Å². The van der Waals surface area contributed by atoms with Crippen molar-refractivity contribution in [3.63, 3.8) is 0 Å². The van der Waals surface area contributed by atoms with E-state index in [1.807, 2.05) is 19.9 Å². The summed E-state index contributed by atoms with van der Waals surface area (Å²) in [6.07, 6.45) is 2.43. The van der Waals surface area contributed by atoms with Crippen molar-refractivity contribution >= 4 is 5.91 Å². The van der Waals surface area contributed by atoms with Gasteiger partial charge in [0.15, 0.2) is 0 Å². The molecule has 1 unspecified atom stereocenters. The zero-order valence-electron chi connectivity index (χ0n) is 11.0. The molecule has 98 valence electrons. The lowest BCUT2D eigenvalue weighted by atomic mass is 9.84. The molecule has 0 radical (unpaired) electrons. The third-order valence-corrected chi connectivity index (χ3v) is 4.26. The van der Waals surface area contributed by atoms with Gasteiger partial charge >= 0.3 is 0 Å². The molecule has 4 heteroatoms. The molecule has 3 saturated heterocycles. The molecule has 4 rings (SSSR count). The quantitative estimate of drug-likeness (QED) is 0.866. The van der Waals surface area contributed by atoms with Crippen LogP contribution in [0.5, 0.6) is 0 Å². The number of carbonyl (C=O) groups is 1. The highest BCUT2D eigenvalue weighted by atomic mass is 16.3. The summed E-state index contributed by atoms with van der Waals surface area (Å²) in [5, 5.41) is 3.18. The summed E-state index contributed by atoms with van der Waals surface area (Å²) in [4.78, 5) is 14.7. The summed E-state index contributed by atoms with van der Waals surface area (Å²) in [5.74, 6) is 2.19. The van der Waals surface area contributed by atoms with Gasteiger partial charge < -0.3 is 14.6 Å². The van der Waals surface area contributed by atoms with Crippen LogP contribution in [0, 0.1) is 19.8 Å². The summed E-state index contributed by atoms with van der Waals surface area (Å²) in [6, 6.07) is 2.14. The van der Waals surface area contributed by atoms with Crippen LogP contribution < -0.4 is 5.32 Å². The van der Waals surface area contributed by atoms with Crippen molar-refractivity contribution in [1.82, 2.24) is 10.2 Å². The monoisotopic (exact) mass is 248 g/mol. The molecule has 1 aromatic heterocycles. The van der Waals surface area contributed by atoms with Crippen LogP contribution in [0.1, 0.15) is 34.7 Å². The number of aryl methyl sites for hydroxylation is 2. The lowest BCUT2D eigenvalue weighted by Gasteiger charge is -2.44. The van der Waals surface area contributed by atoms with E-state index in [0.717, 1.165) is 12.3 Å². The predicted molar refractivity (Wildman–Crippen MR) is 68.6 cm³/mol. The van der Waals surface area contributed by atoms with Crippen molar-refractivity contribution in [1.29, 1.82) is 0 Å². The molecular weight excluding hydrogens is 228 g/mol. The second-order valence-electron chi connectivity index (χ2n) is 5.54. The number of nitrogens with zero attached hydrogens (tertiary/aromatic N) is 1. The van der Waals surface area contributed by atoms with Crippen LogP contribution in [0.2, 0.25) is 0 Å². The highest BCUT2D eigenvalue weighted by molar-refractivity contribution is 5.95. The maximum absolute atomic E-state index is 12.2. The van der Waals surface area contributed by atoms with Gasteiger partial charge in [-0.05, 0) is 51.8 Å². The third kappa shape index (κ3) is 2.05. The standard InChI is InChI=1S/C14H20N2O2/c1-9-7-12(10(2)18-9)14(17)15-13-8-16-5-3-11(13)4-6-16/h7,11,13H,3-6,8H2,1-2H3,(H,15,17). The minimum atomic E-state index is 0.0168. The molecule has 1 aromatic rings. The highest BCUT2D eigenvalue weighted by Crippen LogP contribution is 2.27. The van der Waals surface area contributed by atoms with Crippen molar-refractivity contribution < 1.29 is 9.21 Å². The molecule has 18 heavy (non-hydrogen) atoms. The topological polar surface area (TPSA) is 45.5 Å². The number of furan rings is 1. The van der Waals surface area contributed by atoms with E-state index in [2.05, 4.69) is 10.2 Å². The Morgan fingerprint density at radius 3 is 2.61 bits per heavy atom. The average Bonchev–Trinajstić information content (AvgIpc) is 2.70. The second-order valence-corrected chi connectivity index (χ2v) is 5.54. The summed E-state index contributed by atoms with van der Waals surface area (Å²) < 4.78 is 5.42. The van der Waals surface area contributed by atoms with Crippen molar-refractivity contribution in [3.05, 3.63) is 23.2 Å². The van der Waals surface area contributed by atoms with Crippen LogP contribution in [-0.2, 0) is 0 Å². The Morgan fingerprint density at radius 1 is 1.39 bits per heavy atom. The fraction of sp³-hybridized carbons (Fsp3) is 0.643. The van der Waals surface area contributed by atoms with E-state index in [0.29, 0.717) is 23.3 Å². The normalized spacial score (nSPS) is 30.4. The van der Waals surface area contributed by atoms with Crippen molar-refractivity contribution in [2.24, 2.45) is 5.92 Å². The van der Waals surface area contributed by atoms with Crippen LogP contribution in [-0.4, -0.2) is 36.5 Å². The van der Waals surface area contributed by atoms with Gasteiger partial charge in [0.05, 0.1) is 5.56 Å². The molecule has 2 bridgehead atoms. The summed E-state index contributed by atoms with van der Waals surface area (Å²) >= 11 is 0. The number of fused-ring (bicyclic) bond motifs is 3. The minimum Gasteiger partial charge on any atom is -0.466 e. The largest absolute Gasteiger partial charge is 0.466 e. The van der Waals surface area contributed by atoms with Crippen LogP contribution in [0.25, 0.3) is 0 Å². The molecule has 3 fully saturated rings. The molecule has 4 nitrogen and oxygen atoms in total. The Balaban J connectivity index is 1.69. The molecule has 0 saturated carbocycles. The second kappa shape index (κ2) is 4.43. The summed E-state index contributed by atoms with van der Waals surface area (Å²) in [7, 11) is 0. The first-order valence-corrected chi connectivity index (χ1v) is 6.74. The van der Waals surface area contributed by atoms with E-state index in [9.17, 15) is 4.79 Å². The van der Waals surface area contributed by atoms with Gasteiger partial charge in [0.1, 0.15) is 11.5 Å². The maximum Gasteiger partial charge on any atom is 0.255 e. The SMILES string of the molecule is Cc1cc(C(=O)NC2CN3CCC2CC3)c(C)o1. The van der Waals surface area contributed by atoms with E-state index < -0.39 is 0 Å². The third-order valence-electron chi connectivity index (χ3n) is 4.26. The smallest absolute Gasteiger partial charge is 0.255 e. The molecular formula is C14H20N2O2. The zero-order chi connectivity index (χ0) is 12.7. The van der Waals surface area contributed by atoms with Gasteiger partial charge in [-0.2, -0.15) is 0 Å². The first kappa shape index (κ1) is 11.8. The van der Waals surface area contributed by atoms with Crippen molar-refractivity contribution in [3.8, 4) is 0 Å². The van der Waals surface area contributed by atoms with Crippen molar-refractivity contribution in [2.75, 3.05) is 19.6 Å². The summed E-state index contributed by atoms with van der Waals surface area (Å²) in [5.41, 5.74) is 0.684. The Morgan fingerprint density at radius 2 is 2.11 bits per heavy atom. The lowest BCUT2D eigenvalue weighted by Crippen LogP contribution is -2.57. The van der Waals surface area contributed by atoms with E-state index in [-0.39, 0.29) is 5.91 Å². The molecule has 0 spiro atoms. The van der Waals surface area contributed by atoms with Gasteiger partial charge in [-0.15, -0.1) is 0 Å². The number of hydrogen-bond donors (Lipinski definition) is 1.